The number of aliphatic hydroxyl groups excluding tert-OH is 1. The van der Waals surface area contributed by atoms with E-state index in [1.165, 1.54) is 6.33 Å². The van der Waals surface area contributed by atoms with Crippen molar-refractivity contribution < 1.29 is 9.90 Å². The van der Waals surface area contributed by atoms with Crippen molar-refractivity contribution in [2.45, 2.75) is 25.9 Å². The number of nitrogens with zero attached hydrogens (tertiary/aromatic N) is 3. The lowest BCUT2D eigenvalue weighted by Crippen LogP contribution is -2.35. The average molecular weight is 198 g/mol. The summed E-state index contributed by atoms with van der Waals surface area (Å²) in [5, 5.41) is 15.2. The SMILES string of the molecule is CC(CO)NC(=O)CCn1cncn1. The molecule has 2 N–H and O–H groups in total. The number of aliphatic hydroxyl groups is 1. The van der Waals surface area contributed by atoms with Gasteiger partial charge in [0.2, 0.25) is 5.91 Å². The zero-order valence-corrected chi connectivity index (χ0v) is 8.05. The molecule has 0 aliphatic heterocycles. The molecule has 0 spiro atoms. The van der Waals surface area contributed by atoms with E-state index in [0.717, 1.165) is 0 Å². The maximum atomic E-state index is 11.2. The molecule has 1 heterocycles. The summed E-state index contributed by atoms with van der Waals surface area (Å²) < 4.78 is 1.59. The first-order valence-corrected chi connectivity index (χ1v) is 4.45. The lowest BCUT2D eigenvalue weighted by molar-refractivity contribution is -0.122. The molecule has 1 atom stereocenters. The molecule has 0 saturated carbocycles. The lowest BCUT2D eigenvalue weighted by atomic mass is 10.3. The molecule has 1 amide bonds. The Bertz CT molecular complexity index is 273. The smallest absolute Gasteiger partial charge is 0.222 e. The molecule has 14 heavy (non-hydrogen) atoms. The summed E-state index contributed by atoms with van der Waals surface area (Å²) in [6.07, 6.45) is 3.32. The fraction of sp³-hybridized carbons (Fsp3) is 0.625. The van der Waals surface area contributed by atoms with E-state index >= 15 is 0 Å². The van der Waals surface area contributed by atoms with E-state index in [2.05, 4.69) is 15.4 Å². The molecule has 1 rings (SSSR count). The number of hydrogen-bond donors (Lipinski definition) is 2. The van der Waals surface area contributed by atoms with Crippen LogP contribution < -0.4 is 5.32 Å². The van der Waals surface area contributed by atoms with E-state index in [4.69, 9.17) is 5.11 Å². The van der Waals surface area contributed by atoms with Crippen LogP contribution in [0.4, 0.5) is 0 Å². The Morgan fingerprint density at radius 1 is 1.71 bits per heavy atom. The van der Waals surface area contributed by atoms with Crippen molar-refractivity contribution in [3.8, 4) is 0 Å². The molecule has 0 aromatic carbocycles. The molecular weight excluding hydrogens is 184 g/mol. The zero-order chi connectivity index (χ0) is 10.4. The van der Waals surface area contributed by atoms with Gasteiger partial charge in [0.1, 0.15) is 12.7 Å². The van der Waals surface area contributed by atoms with Crippen LogP contribution in [-0.2, 0) is 11.3 Å². The predicted molar refractivity (Wildman–Crippen MR) is 49.3 cm³/mol. The first-order valence-electron chi connectivity index (χ1n) is 4.45. The van der Waals surface area contributed by atoms with Gasteiger partial charge in [0, 0.05) is 12.5 Å². The monoisotopic (exact) mass is 198 g/mol. The molecule has 1 unspecified atom stereocenters. The largest absolute Gasteiger partial charge is 0.394 e. The van der Waals surface area contributed by atoms with Gasteiger partial charge in [-0.3, -0.25) is 9.48 Å². The third-order valence-electron chi connectivity index (χ3n) is 1.72. The van der Waals surface area contributed by atoms with Crippen LogP contribution in [0.15, 0.2) is 12.7 Å². The lowest BCUT2D eigenvalue weighted by Gasteiger charge is -2.10. The van der Waals surface area contributed by atoms with E-state index in [1.54, 1.807) is 17.9 Å². The Hall–Kier alpha value is -1.43. The van der Waals surface area contributed by atoms with Gasteiger partial charge < -0.3 is 10.4 Å². The van der Waals surface area contributed by atoms with Crippen LogP contribution in [0.2, 0.25) is 0 Å². The Kier molecular flexibility index (Phi) is 4.06. The number of aryl methyl sites for hydroxylation is 1. The Morgan fingerprint density at radius 2 is 2.50 bits per heavy atom. The van der Waals surface area contributed by atoms with Crippen molar-refractivity contribution in [3.63, 3.8) is 0 Å². The first-order chi connectivity index (χ1) is 6.72. The molecule has 6 heteroatoms. The molecule has 1 aromatic rings. The number of aromatic nitrogens is 3. The van der Waals surface area contributed by atoms with Crippen LogP contribution in [0.1, 0.15) is 13.3 Å². The van der Waals surface area contributed by atoms with Gasteiger partial charge in [0.25, 0.3) is 0 Å². The van der Waals surface area contributed by atoms with Crippen LogP contribution >= 0.6 is 0 Å². The van der Waals surface area contributed by atoms with Gasteiger partial charge in [0.05, 0.1) is 13.2 Å². The number of amides is 1. The number of hydrogen-bond acceptors (Lipinski definition) is 4. The van der Waals surface area contributed by atoms with Crippen molar-refractivity contribution in [1.29, 1.82) is 0 Å². The minimum Gasteiger partial charge on any atom is -0.394 e. The van der Waals surface area contributed by atoms with Crippen LogP contribution in [0.5, 0.6) is 0 Å². The summed E-state index contributed by atoms with van der Waals surface area (Å²) >= 11 is 0. The van der Waals surface area contributed by atoms with Crippen LogP contribution in [0, 0.1) is 0 Å². The number of carbonyl (C=O) groups excluding carboxylic acids is 1. The normalized spacial score (nSPS) is 12.4. The second-order valence-corrected chi connectivity index (χ2v) is 3.06. The summed E-state index contributed by atoms with van der Waals surface area (Å²) in [4.78, 5) is 15.0. The highest BCUT2D eigenvalue weighted by molar-refractivity contribution is 5.76. The first kappa shape index (κ1) is 10.6. The molecule has 0 bridgehead atoms. The van der Waals surface area contributed by atoms with Gasteiger partial charge >= 0.3 is 0 Å². The van der Waals surface area contributed by atoms with Crippen molar-refractivity contribution >= 4 is 5.91 Å². The van der Waals surface area contributed by atoms with Crippen molar-refractivity contribution in [1.82, 2.24) is 20.1 Å². The number of nitrogens with one attached hydrogen (secondary N) is 1. The summed E-state index contributed by atoms with van der Waals surface area (Å²) in [6.45, 7) is 2.20. The Morgan fingerprint density at radius 3 is 3.07 bits per heavy atom. The van der Waals surface area contributed by atoms with Gasteiger partial charge in [-0.15, -0.1) is 0 Å². The standard InChI is InChI=1S/C8H14N4O2/c1-7(4-13)11-8(14)2-3-12-6-9-5-10-12/h5-7,13H,2-4H2,1H3,(H,11,14). The van der Waals surface area contributed by atoms with Crippen molar-refractivity contribution in [2.75, 3.05) is 6.61 Å². The molecule has 0 aliphatic rings. The molecular formula is C8H14N4O2. The third kappa shape index (κ3) is 3.53. The van der Waals surface area contributed by atoms with E-state index < -0.39 is 0 Å². The predicted octanol–water partition coefficient (Wildman–Crippen LogP) is -0.835. The third-order valence-corrected chi connectivity index (χ3v) is 1.72. The van der Waals surface area contributed by atoms with Gasteiger partial charge in [-0.05, 0) is 6.92 Å². The number of rotatable bonds is 5. The summed E-state index contributed by atoms with van der Waals surface area (Å²) in [7, 11) is 0. The van der Waals surface area contributed by atoms with Crippen molar-refractivity contribution in [3.05, 3.63) is 12.7 Å². The highest BCUT2D eigenvalue weighted by Gasteiger charge is 2.05. The van der Waals surface area contributed by atoms with Gasteiger partial charge in [-0.1, -0.05) is 0 Å². The van der Waals surface area contributed by atoms with Gasteiger partial charge in [-0.25, -0.2) is 4.98 Å². The fourth-order valence-corrected chi connectivity index (χ4v) is 0.957. The highest BCUT2D eigenvalue weighted by Crippen LogP contribution is 1.88. The Labute approximate surface area is 82.0 Å². The quantitative estimate of drug-likeness (QED) is 0.647. The highest BCUT2D eigenvalue weighted by atomic mass is 16.3. The maximum absolute atomic E-state index is 11.2. The molecule has 0 fully saturated rings. The van der Waals surface area contributed by atoms with Crippen LogP contribution in [-0.4, -0.2) is 38.4 Å². The van der Waals surface area contributed by atoms with Crippen LogP contribution in [0.3, 0.4) is 0 Å². The molecule has 1 aromatic heterocycles. The fourth-order valence-electron chi connectivity index (χ4n) is 0.957. The summed E-state index contributed by atoms with van der Waals surface area (Å²) in [6, 6.07) is -0.196. The minimum atomic E-state index is -0.196. The van der Waals surface area contributed by atoms with E-state index in [9.17, 15) is 4.79 Å². The zero-order valence-electron chi connectivity index (χ0n) is 8.05. The van der Waals surface area contributed by atoms with Crippen molar-refractivity contribution in [2.24, 2.45) is 0 Å². The Balaban J connectivity index is 2.22. The molecule has 6 nitrogen and oxygen atoms in total. The molecule has 0 saturated heterocycles. The van der Waals surface area contributed by atoms with E-state index in [1.807, 2.05) is 0 Å². The summed E-state index contributed by atoms with van der Waals surface area (Å²) in [5.41, 5.74) is 0. The van der Waals surface area contributed by atoms with Gasteiger partial charge in [-0.2, -0.15) is 5.10 Å². The minimum absolute atomic E-state index is 0.0466. The second-order valence-electron chi connectivity index (χ2n) is 3.06. The summed E-state index contributed by atoms with van der Waals surface area (Å²) in [5.74, 6) is -0.0953. The topological polar surface area (TPSA) is 80.0 Å². The average Bonchev–Trinajstić information content (AvgIpc) is 2.67. The molecule has 0 aliphatic carbocycles. The molecule has 0 radical (unpaired) electrons. The van der Waals surface area contributed by atoms with Crippen LogP contribution in [0.25, 0.3) is 0 Å². The van der Waals surface area contributed by atoms with E-state index in [0.29, 0.717) is 13.0 Å². The molecule has 78 valence electrons. The maximum Gasteiger partial charge on any atom is 0.222 e. The van der Waals surface area contributed by atoms with Gasteiger partial charge in [0.15, 0.2) is 0 Å². The number of carbonyl (C=O) groups is 1. The van der Waals surface area contributed by atoms with E-state index in [-0.39, 0.29) is 18.6 Å². The second kappa shape index (κ2) is 5.33.